The summed E-state index contributed by atoms with van der Waals surface area (Å²) in [6.45, 7) is 3.59. The average molecular weight is 184 g/mol. The number of rotatable bonds is 3. The maximum Gasteiger partial charge on any atom is 0.342 e. The molecular weight excluding hydrogens is 172 g/mol. The van der Waals surface area contributed by atoms with Crippen LogP contribution in [0.25, 0.3) is 0 Å². The molecule has 1 rings (SSSR count). The zero-order valence-electron chi connectivity index (χ0n) is 7.92. The summed E-state index contributed by atoms with van der Waals surface area (Å²) in [5.41, 5.74) is 0.878. The normalized spacial score (nSPS) is 10.1. The van der Waals surface area contributed by atoms with Gasteiger partial charge in [-0.1, -0.05) is 0 Å². The van der Waals surface area contributed by atoms with Gasteiger partial charge in [0.25, 0.3) is 0 Å². The lowest BCUT2D eigenvalue weighted by atomic mass is 10.2. The molecule has 0 fully saturated rings. The van der Waals surface area contributed by atoms with Crippen molar-refractivity contribution in [1.29, 1.82) is 0 Å². The highest BCUT2D eigenvalue weighted by atomic mass is 16.7. The van der Waals surface area contributed by atoms with E-state index >= 15 is 0 Å². The van der Waals surface area contributed by atoms with Crippen LogP contribution in [-0.4, -0.2) is 13.9 Å². The second kappa shape index (κ2) is 4.09. The van der Waals surface area contributed by atoms with Crippen LogP contribution in [0.4, 0.5) is 0 Å². The molecule has 0 bridgehead atoms. The van der Waals surface area contributed by atoms with Crippen LogP contribution in [0.1, 0.15) is 11.1 Å². The quantitative estimate of drug-likeness (QED) is 0.663. The Morgan fingerprint density at radius 2 is 2.15 bits per heavy atom. The number of ether oxygens (including phenoxy) is 2. The molecule has 0 spiro atoms. The molecule has 13 heavy (non-hydrogen) atoms. The second-order valence-electron chi connectivity index (χ2n) is 2.71. The van der Waals surface area contributed by atoms with E-state index in [4.69, 9.17) is 13.9 Å². The fourth-order valence-corrected chi connectivity index (χ4v) is 1.01. The molecule has 0 saturated heterocycles. The molecule has 0 unspecified atom stereocenters. The summed E-state index contributed by atoms with van der Waals surface area (Å²) >= 11 is 0. The molecule has 0 saturated carbocycles. The molecule has 1 aromatic heterocycles. The third-order valence-corrected chi connectivity index (χ3v) is 1.67. The van der Waals surface area contributed by atoms with Crippen LogP contribution in [0.2, 0.25) is 0 Å². The zero-order chi connectivity index (χ0) is 9.84. The van der Waals surface area contributed by atoms with E-state index in [9.17, 15) is 4.79 Å². The Bertz CT molecular complexity index is 340. The molecular formula is C9H12O4. The van der Waals surface area contributed by atoms with Gasteiger partial charge in [0.15, 0.2) is 6.79 Å². The van der Waals surface area contributed by atoms with Crippen molar-refractivity contribution in [2.45, 2.75) is 13.8 Å². The van der Waals surface area contributed by atoms with Crippen LogP contribution in [0, 0.1) is 13.8 Å². The molecule has 0 N–H and O–H groups in total. The predicted molar refractivity (Wildman–Crippen MR) is 47.0 cm³/mol. The Morgan fingerprint density at radius 1 is 1.46 bits per heavy atom. The third-order valence-electron chi connectivity index (χ3n) is 1.67. The van der Waals surface area contributed by atoms with Crippen LogP contribution < -0.4 is 10.4 Å². The molecule has 0 aliphatic heterocycles. The van der Waals surface area contributed by atoms with Gasteiger partial charge in [-0.25, -0.2) is 4.79 Å². The Morgan fingerprint density at radius 3 is 2.77 bits per heavy atom. The van der Waals surface area contributed by atoms with Crippen molar-refractivity contribution in [3.63, 3.8) is 0 Å². The molecule has 4 heteroatoms. The lowest BCUT2D eigenvalue weighted by Crippen LogP contribution is -2.09. The summed E-state index contributed by atoms with van der Waals surface area (Å²) < 4.78 is 14.7. The highest BCUT2D eigenvalue weighted by molar-refractivity contribution is 5.35. The zero-order valence-corrected chi connectivity index (χ0v) is 7.92. The van der Waals surface area contributed by atoms with Gasteiger partial charge < -0.3 is 13.9 Å². The van der Waals surface area contributed by atoms with Crippen LogP contribution in [-0.2, 0) is 4.74 Å². The fraction of sp³-hybridized carbons (Fsp3) is 0.444. The maximum absolute atomic E-state index is 11.1. The Balaban J connectivity index is 3.03. The molecule has 1 aromatic rings. The van der Waals surface area contributed by atoms with E-state index in [1.54, 1.807) is 13.8 Å². The Labute approximate surface area is 76.1 Å². The van der Waals surface area contributed by atoms with Gasteiger partial charge in [-0.3, -0.25) is 0 Å². The highest BCUT2D eigenvalue weighted by Crippen LogP contribution is 2.18. The van der Waals surface area contributed by atoms with Crippen molar-refractivity contribution in [2.75, 3.05) is 13.9 Å². The van der Waals surface area contributed by atoms with Crippen LogP contribution in [0.3, 0.4) is 0 Å². The molecule has 4 nitrogen and oxygen atoms in total. The minimum absolute atomic E-state index is 0.130. The summed E-state index contributed by atoms with van der Waals surface area (Å²) in [5, 5.41) is 0. The van der Waals surface area contributed by atoms with Crippen LogP contribution in [0.15, 0.2) is 15.5 Å². The molecule has 1 heterocycles. The SMILES string of the molecule is COCOc1c(C)coc(=O)c1C. The van der Waals surface area contributed by atoms with Crippen molar-refractivity contribution < 1.29 is 13.9 Å². The largest absolute Gasteiger partial charge is 0.467 e. The minimum Gasteiger partial charge on any atom is -0.467 e. The maximum atomic E-state index is 11.1. The van der Waals surface area contributed by atoms with Gasteiger partial charge in [0, 0.05) is 12.7 Å². The number of hydrogen-bond acceptors (Lipinski definition) is 4. The van der Waals surface area contributed by atoms with Gasteiger partial charge in [0.2, 0.25) is 0 Å². The minimum atomic E-state index is -0.378. The summed E-state index contributed by atoms with van der Waals surface area (Å²) in [6.07, 6.45) is 1.38. The number of aryl methyl sites for hydroxylation is 1. The summed E-state index contributed by atoms with van der Waals surface area (Å²) in [5.74, 6) is 0.540. The number of hydrogen-bond donors (Lipinski definition) is 0. The van der Waals surface area contributed by atoms with Crippen LogP contribution in [0.5, 0.6) is 5.75 Å². The third kappa shape index (κ3) is 2.09. The first kappa shape index (κ1) is 9.80. The van der Waals surface area contributed by atoms with Gasteiger partial charge in [0.1, 0.15) is 12.0 Å². The van der Waals surface area contributed by atoms with Crippen molar-refractivity contribution in [3.8, 4) is 5.75 Å². The van der Waals surface area contributed by atoms with E-state index < -0.39 is 0 Å². The van der Waals surface area contributed by atoms with E-state index in [-0.39, 0.29) is 12.4 Å². The first-order valence-electron chi connectivity index (χ1n) is 3.87. The molecule has 0 amide bonds. The number of methoxy groups -OCH3 is 1. The topological polar surface area (TPSA) is 48.7 Å². The molecule has 0 aliphatic rings. The van der Waals surface area contributed by atoms with E-state index in [2.05, 4.69) is 0 Å². The van der Waals surface area contributed by atoms with E-state index in [1.807, 2.05) is 0 Å². The van der Waals surface area contributed by atoms with Crippen molar-refractivity contribution in [3.05, 3.63) is 27.8 Å². The van der Waals surface area contributed by atoms with Gasteiger partial charge in [-0.2, -0.15) is 0 Å². The monoisotopic (exact) mass is 184 g/mol. The molecule has 0 radical (unpaired) electrons. The fourth-order valence-electron chi connectivity index (χ4n) is 1.01. The van der Waals surface area contributed by atoms with E-state index in [1.165, 1.54) is 13.4 Å². The van der Waals surface area contributed by atoms with Crippen molar-refractivity contribution >= 4 is 0 Å². The van der Waals surface area contributed by atoms with Gasteiger partial charge >= 0.3 is 5.63 Å². The highest BCUT2D eigenvalue weighted by Gasteiger charge is 2.08. The van der Waals surface area contributed by atoms with Gasteiger partial charge in [-0.05, 0) is 13.8 Å². The first-order chi connectivity index (χ1) is 6.16. The Hall–Kier alpha value is -1.29. The van der Waals surface area contributed by atoms with E-state index in [0.717, 1.165) is 5.56 Å². The van der Waals surface area contributed by atoms with Gasteiger partial charge in [0.05, 0.1) is 5.56 Å². The first-order valence-corrected chi connectivity index (χ1v) is 3.87. The van der Waals surface area contributed by atoms with E-state index in [0.29, 0.717) is 11.3 Å². The molecule has 0 atom stereocenters. The lowest BCUT2D eigenvalue weighted by Gasteiger charge is -2.08. The molecule has 72 valence electrons. The van der Waals surface area contributed by atoms with Gasteiger partial charge in [-0.15, -0.1) is 0 Å². The second-order valence-corrected chi connectivity index (χ2v) is 2.71. The van der Waals surface area contributed by atoms with Crippen LogP contribution >= 0.6 is 0 Å². The smallest absolute Gasteiger partial charge is 0.342 e. The summed E-state index contributed by atoms with van der Waals surface area (Å²) in [6, 6.07) is 0. The summed E-state index contributed by atoms with van der Waals surface area (Å²) in [4.78, 5) is 11.1. The Kier molecular flexibility index (Phi) is 3.08. The predicted octanol–water partition coefficient (Wildman–Crippen LogP) is 1.24. The summed E-state index contributed by atoms with van der Waals surface area (Å²) in [7, 11) is 1.52. The molecule has 0 aliphatic carbocycles. The van der Waals surface area contributed by atoms with Crippen molar-refractivity contribution in [1.82, 2.24) is 0 Å². The lowest BCUT2D eigenvalue weighted by molar-refractivity contribution is 0.0495. The van der Waals surface area contributed by atoms with Crippen molar-refractivity contribution in [2.24, 2.45) is 0 Å². The molecule has 0 aromatic carbocycles. The average Bonchev–Trinajstić information content (AvgIpc) is 2.12. The standard InChI is InChI=1S/C9H12O4/c1-6-4-12-9(10)7(2)8(6)13-5-11-3/h4H,5H2,1-3H3.